The molecule has 0 bridgehead atoms. The molecule has 0 aromatic carbocycles. The topological polar surface area (TPSA) is 87.8 Å². The first-order chi connectivity index (χ1) is 12.8. The minimum absolute atomic E-state index is 0.117. The average Bonchev–Trinajstić information content (AvgIpc) is 3.10. The Kier molecular flexibility index (Phi) is 5.38. The highest BCUT2D eigenvalue weighted by Crippen LogP contribution is 2.39. The number of amides is 1. The van der Waals surface area contributed by atoms with E-state index < -0.39 is 17.7 Å². The van der Waals surface area contributed by atoms with Crippen molar-refractivity contribution in [2.45, 2.75) is 19.9 Å². The van der Waals surface area contributed by atoms with Crippen molar-refractivity contribution in [2.24, 2.45) is 0 Å². The number of carbonyl (C=O) groups excluding carboxylic acids is 2. The van der Waals surface area contributed by atoms with E-state index >= 15 is 0 Å². The van der Waals surface area contributed by atoms with Gasteiger partial charge in [-0.15, -0.1) is 11.3 Å². The molecule has 0 saturated heterocycles. The number of hydrogen-bond acceptors (Lipinski definition) is 6. The maximum absolute atomic E-state index is 13.3. The van der Waals surface area contributed by atoms with Gasteiger partial charge in [0.25, 0.3) is 5.91 Å². The lowest BCUT2D eigenvalue weighted by Crippen LogP contribution is -3.06. The van der Waals surface area contributed by atoms with Crippen LogP contribution in [-0.2, 0) is 4.79 Å². The number of aryl methyl sites for hydroxylation is 2. The van der Waals surface area contributed by atoms with Crippen molar-refractivity contribution in [2.75, 3.05) is 27.2 Å². The predicted octanol–water partition coefficient (Wildman–Crippen LogP) is 0.878. The van der Waals surface area contributed by atoms with Crippen LogP contribution in [0.25, 0.3) is 0 Å². The zero-order valence-electron chi connectivity index (χ0n) is 15.8. The molecule has 2 aromatic rings. The third kappa shape index (κ3) is 3.63. The third-order valence-corrected chi connectivity index (χ3v) is 5.60. The zero-order valence-corrected chi connectivity index (χ0v) is 16.6. The highest BCUT2D eigenvalue weighted by molar-refractivity contribution is 7.14. The number of nitrogens with one attached hydrogen (secondary N) is 1. The second kappa shape index (κ2) is 7.58. The number of nitrogens with zero attached hydrogens (tertiary/aromatic N) is 3. The van der Waals surface area contributed by atoms with Crippen LogP contribution >= 0.6 is 11.3 Å². The van der Waals surface area contributed by atoms with E-state index in [-0.39, 0.29) is 11.4 Å². The number of Topliss-reactive ketones (excluding diaryl/α,β-unsaturated/α-hetero) is 1. The number of quaternary nitrogens is 1. The molecule has 0 fully saturated rings. The number of hydrogen-bond donors (Lipinski definition) is 2. The number of aromatic nitrogens is 2. The summed E-state index contributed by atoms with van der Waals surface area (Å²) >= 11 is 1.28. The first kappa shape index (κ1) is 19.2. The van der Waals surface area contributed by atoms with Crippen molar-refractivity contribution in [1.29, 1.82) is 0 Å². The van der Waals surface area contributed by atoms with Crippen LogP contribution in [0.2, 0.25) is 0 Å². The normalized spacial score (nSPS) is 17.3. The van der Waals surface area contributed by atoms with Gasteiger partial charge in [-0.2, -0.15) is 0 Å². The molecule has 0 radical (unpaired) electrons. The number of carbonyl (C=O) groups is 2. The highest BCUT2D eigenvalue weighted by atomic mass is 32.1. The van der Waals surface area contributed by atoms with Crippen LogP contribution in [-0.4, -0.2) is 58.8 Å². The summed E-state index contributed by atoms with van der Waals surface area (Å²) in [4.78, 5) is 37.5. The monoisotopic (exact) mass is 387 g/mol. The molecule has 0 spiro atoms. The van der Waals surface area contributed by atoms with E-state index in [1.165, 1.54) is 16.2 Å². The number of ketones is 1. The Morgan fingerprint density at radius 3 is 2.52 bits per heavy atom. The Morgan fingerprint density at radius 1 is 1.30 bits per heavy atom. The van der Waals surface area contributed by atoms with Gasteiger partial charge in [-0.05, 0) is 31.5 Å². The number of thiazole rings is 1. The van der Waals surface area contributed by atoms with Crippen LogP contribution in [0.4, 0.5) is 0 Å². The molecule has 142 valence electrons. The van der Waals surface area contributed by atoms with Crippen molar-refractivity contribution in [3.63, 3.8) is 0 Å². The van der Waals surface area contributed by atoms with Crippen LogP contribution in [0.15, 0.2) is 35.9 Å². The molecular formula is C19H23N4O3S+. The summed E-state index contributed by atoms with van der Waals surface area (Å²) in [6, 6.07) is 2.91. The van der Waals surface area contributed by atoms with Gasteiger partial charge in [0.1, 0.15) is 0 Å². The van der Waals surface area contributed by atoms with Gasteiger partial charge in [0, 0.05) is 12.4 Å². The Bertz CT molecular complexity index is 905. The molecule has 8 heteroatoms. The van der Waals surface area contributed by atoms with Crippen molar-refractivity contribution in [1.82, 2.24) is 14.9 Å². The minimum atomic E-state index is -0.630. The molecule has 3 rings (SSSR count). The summed E-state index contributed by atoms with van der Waals surface area (Å²) < 4.78 is 0. The number of aliphatic hydroxyl groups excluding tert-OH is 1. The molecule has 27 heavy (non-hydrogen) atoms. The molecule has 3 heterocycles. The first-order valence-electron chi connectivity index (χ1n) is 8.73. The van der Waals surface area contributed by atoms with Crippen LogP contribution < -0.4 is 4.90 Å². The molecule has 1 aliphatic rings. The average molecular weight is 387 g/mol. The molecule has 2 aromatic heterocycles. The number of rotatable bonds is 6. The van der Waals surface area contributed by atoms with Gasteiger partial charge in [0.2, 0.25) is 5.78 Å². The second-order valence-corrected chi connectivity index (χ2v) is 8.08. The second-order valence-electron chi connectivity index (χ2n) is 6.88. The Balaban J connectivity index is 2.07. The maximum Gasteiger partial charge on any atom is 0.290 e. The SMILES string of the molecule is Cc1nc(C)c(C(=O)C2=C(O)C(=O)N(CC[NH+](C)C)[C@H]2c2ccncc2)s1. The summed E-state index contributed by atoms with van der Waals surface area (Å²) in [5, 5.41) is 11.4. The summed E-state index contributed by atoms with van der Waals surface area (Å²) in [5.41, 5.74) is 1.48. The van der Waals surface area contributed by atoms with Gasteiger partial charge in [0.05, 0.1) is 54.4 Å². The Hall–Kier alpha value is -2.58. The fourth-order valence-electron chi connectivity index (χ4n) is 3.22. The molecule has 0 aliphatic carbocycles. The van der Waals surface area contributed by atoms with Gasteiger partial charge in [0.15, 0.2) is 5.76 Å². The molecule has 7 nitrogen and oxygen atoms in total. The number of pyridine rings is 1. The Morgan fingerprint density at radius 2 is 1.96 bits per heavy atom. The molecule has 1 atom stereocenters. The van der Waals surface area contributed by atoms with E-state index in [4.69, 9.17) is 0 Å². The quantitative estimate of drug-likeness (QED) is 0.719. The lowest BCUT2D eigenvalue weighted by atomic mass is 9.96. The minimum Gasteiger partial charge on any atom is -0.503 e. The highest BCUT2D eigenvalue weighted by Gasteiger charge is 2.44. The fraction of sp³-hybridized carbons (Fsp3) is 0.368. The van der Waals surface area contributed by atoms with Gasteiger partial charge < -0.3 is 14.9 Å². The van der Waals surface area contributed by atoms with Crippen molar-refractivity contribution in [3.8, 4) is 0 Å². The standard InChI is InChI=1S/C19H22N4O3S/c1-11-18(27-12(2)21-11)16(24)14-15(13-5-7-20-8-6-13)23(10-9-22(3)4)19(26)17(14)25/h5-8,15,25H,9-10H2,1-4H3/p+1/t15-/m0/s1. The maximum atomic E-state index is 13.3. The molecule has 2 N–H and O–H groups in total. The van der Waals surface area contributed by atoms with E-state index in [1.807, 2.05) is 21.0 Å². The van der Waals surface area contributed by atoms with E-state index in [0.29, 0.717) is 23.7 Å². The molecular weight excluding hydrogens is 364 g/mol. The van der Waals surface area contributed by atoms with Gasteiger partial charge in [-0.1, -0.05) is 0 Å². The first-order valence-corrected chi connectivity index (χ1v) is 9.54. The lowest BCUT2D eigenvalue weighted by Gasteiger charge is -2.26. The molecule has 1 amide bonds. The summed E-state index contributed by atoms with van der Waals surface area (Å²) in [5.74, 6) is -1.33. The van der Waals surface area contributed by atoms with Crippen LogP contribution in [0, 0.1) is 13.8 Å². The fourth-order valence-corrected chi connectivity index (χ4v) is 4.09. The lowest BCUT2D eigenvalue weighted by molar-refractivity contribution is -0.857. The summed E-state index contributed by atoms with van der Waals surface area (Å²) in [6.07, 6.45) is 3.24. The predicted molar refractivity (Wildman–Crippen MR) is 102 cm³/mol. The molecule has 1 aliphatic heterocycles. The summed E-state index contributed by atoms with van der Waals surface area (Å²) in [6.45, 7) is 4.71. The van der Waals surface area contributed by atoms with Crippen LogP contribution in [0.3, 0.4) is 0 Å². The summed E-state index contributed by atoms with van der Waals surface area (Å²) in [7, 11) is 3.98. The van der Waals surface area contributed by atoms with Gasteiger partial charge in [-0.3, -0.25) is 14.6 Å². The van der Waals surface area contributed by atoms with Crippen molar-refractivity contribution >= 4 is 23.0 Å². The Labute approximate surface area is 162 Å². The van der Waals surface area contributed by atoms with Gasteiger partial charge >= 0.3 is 0 Å². The van der Waals surface area contributed by atoms with Gasteiger partial charge in [-0.25, -0.2) is 4.98 Å². The van der Waals surface area contributed by atoms with E-state index in [0.717, 1.165) is 10.6 Å². The number of aliphatic hydroxyl groups is 1. The molecule has 0 saturated carbocycles. The zero-order chi connectivity index (χ0) is 19.7. The van der Waals surface area contributed by atoms with Crippen molar-refractivity contribution < 1.29 is 19.6 Å². The van der Waals surface area contributed by atoms with E-state index in [9.17, 15) is 14.7 Å². The largest absolute Gasteiger partial charge is 0.503 e. The van der Waals surface area contributed by atoms with E-state index in [1.54, 1.807) is 36.4 Å². The van der Waals surface area contributed by atoms with Crippen LogP contribution in [0.1, 0.15) is 32.0 Å². The molecule has 0 unspecified atom stereocenters. The third-order valence-electron chi connectivity index (χ3n) is 4.53. The van der Waals surface area contributed by atoms with Crippen molar-refractivity contribution in [3.05, 3.63) is 57.0 Å². The smallest absolute Gasteiger partial charge is 0.290 e. The van der Waals surface area contributed by atoms with E-state index in [2.05, 4.69) is 9.97 Å². The van der Waals surface area contributed by atoms with Crippen LogP contribution in [0.5, 0.6) is 0 Å². The number of likely N-dealkylation sites (N-methyl/N-ethyl adjacent to an activating group) is 1.